The van der Waals surface area contributed by atoms with Gasteiger partial charge in [0.15, 0.2) is 0 Å². The van der Waals surface area contributed by atoms with Crippen LogP contribution < -0.4 is 4.74 Å². The third kappa shape index (κ3) is 3.95. The van der Waals surface area contributed by atoms with Gasteiger partial charge in [-0.25, -0.2) is 4.79 Å². The number of aromatic carboxylic acids is 1. The fourth-order valence-corrected chi connectivity index (χ4v) is 1.72. The van der Waals surface area contributed by atoms with Crippen LogP contribution in [0.25, 0.3) is 11.1 Å². The number of carbonyl (C=O) groups is 1. The highest BCUT2D eigenvalue weighted by atomic mass is 19.4. The predicted molar refractivity (Wildman–Crippen MR) is 68.1 cm³/mol. The minimum atomic E-state index is -4.89. The molecule has 0 spiro atoms. The summed E-state index contributed by atoms with van der Waals surface area (Å²) >= 11 is 0. The minimum Gasteiger partial charge on any atom is -0.478 e. The molecule has 110 valence electrons. The first-order valence-electron chi connectivity index (χ1n) is 5.82. The standard InChI is InChI=1S/C14H10F3NO3/c1-8-2-3-9(7-18-8)10-4-11(13(19)20)6-12(5-10)21-14(15,16)17/h2-7H,1H3,(H,19,20). The quantitative estimate of drug-likeness (QED) is 0.939. The van der Waals surface area contributed by atoms with Crippen molar-refractivity contribution < 1.29 is 27.8 Å². The molecule has 0 atom stereocenters. The van der Waals surface area contributed by atoms with Gasteiger partial charge in [-0.05, 0) is 36.8 Å². The van der Waals surface area contributed by atoms with Crippen molar-refractivity contribution in [3.8, 4) is 16.9 Å². The first kappa shape index (κ1) is 14.8. The van der Waals surface area contributed by atoms with Crippen molar-refractivity contribution in [2.24, 2.45) is 0 Å². The van der Waals surface area contributed by atoms with Crippen LogP contribution >= 0.6 is 0 Å². The Bertz CT molecular complexity index is 666. The number of carboxylic acid groups (broad SMARTS) is 1. The summed E-state index contributed by atoms with van der Waals surface area (Å²) in [6, 6.07) is 6.51. The van der Waals surface area contributed by atoms with E-state index in [1.165, 1.54) is 12.3 Å². The highest BCUT2D eigenvalue weighted by molar-refractivity contribution is 5.90. The molecule has 4 nitrogen and oxygen atoms in total. The van der Waals surface area contributed by atoms with E-state index in [0.29, 0.717) is 5.56 Å². The number of benzene rings is 1. The number of hydrogen-bond acceptors (Lipinski definition) is 3. The Hall–Kier alpha value is -2.57. The Morgan fingerprint density at radius 1 is 1.19 bits per heavy atom. The molecule has 0 amide bonds. The maximum atomic E-state index is 12.3. The van der Waals surface area contributed by atoms with E-state index in [9.17, 15) is 18.0 Å². The number of ether oxygens (including phenoxy) is 1. The van der Waals surface area contributed by atoms with Gasteiger partial charge in [-0.2, -0.15) is 0 Å². The van der Waals surface area contributed by atoms with Crippen molar-refractivity contribution >= 4 is 5.97 Å². The molecule has 0 unspecified atom stereocenters. The van der Waals surface area contributed by atoms with E-state index >= 15 is 0 Å². The molecule has 0 aliphatic carbocycles. The second-order valence-corrected chi connectivity index (χ2v) is 4.29. The largest absolute Gasteiger partial charge is 0.573 e. The molecule has 2 rings (SSSR count). The molecular weight excluding hydrogens is 287 g/mol. The smallest absolute Gasteiger partial charge is 0.478 e. The van der Waals surface area contributed by atoms with Crippen molar-refractivity contribution in [1.29, 1.82) is 0 Å². The van der Waals surface area contributed by atoms with Gasteiger partial charge in [0.05, 0.1) is 5.56 Å². The summed E-state index contributed by atoms with van der Waals surface area (Å²) in [4.78, 5) is 15.0. The lowest BCUT2D eigenvalue weighted by molar-refractivity contribution is -0.274. The van der Waals surface area contributed by atoms with Gasteiger partial charge >= 0.3 is 12.3 Å². The fourth-order valence-electron chi connectivity index (χ4n) is 1.72. The number of aromatic nitrogens is 1. The maximum Gasteiger partial charge on any atom is 0.573 e. The SMILES string of the molecule is Cc1ccc(-c2cc(OC(F)(F)F)cc(C(=O)O)c2)cn1. The maximum absolute atomic E-state index is 12.3. The minimum absolute atomic E-state index is 0.279. The summed E-state index contributed by atoms with van der Waals surface area (Å²) in [7, 11) is 0. The topological polar surface area (TPSA) is 59.4 Å². The Kier molecular flexibility index (Phi) is 3.84. The lowest BCUT2D eigenvalue weighted by Crippen LogP contribution is -2.17. The van der Waals surface area contributed by atoms with E-state index in [4.69, 9.17) is 5.11 Å². The number of hydrogen-bond donors (Lipinski definition) is 1. The first-order valence-corrected chi connectivity index (χ1v) is 5.82. The van der Waals surface area contributed by atoms with E-state index in [0.717, 1.165) is 17.8 Å². The zero-order valence-electron chi connectivity index (χ0n) is 10.8. The number of pyridine rings is 1. The lowest BCUT2D eigenvalue weighted by atomic mass is 10.0. The van der Waals surface area contributed by atoms with E-state index in [1.54, 1.807) is 19.1 Å². The second-order valence-electron chi connectivity index (χ2n) is 4.29. The fraction of sp³-hybridized carbons (Fsp3) is 0.143. The van der Waals surface area contributed by atoms with Crippen LogP contribution in [-0.4, -0.2) is 22.4 Å². The average Bonchev–Trinajstić information content (AvgIpc) is 2.37. The van der Waals surface area contributed by atoms with Gasteiger partial charge in [0.1, 0.15) is 5.75 Å². The monoisotopic (exact) mass is 297 g/mol. The molecule has 7 heteroatoms. The number of alkyl halides is 3. The van der Waals surface area contributed by atoms with Gasteiger partial charge < -0.3 is 9.84 Å². The molecule has 0 saturated carbocycles. The van der Waals surface area contributed by atoms with Gasteiger partial charge in [-0.3, -0.25) is 4.98 Å². The summed E-state index contributed by atoms with van der Waals surface area (Å²) in [5.41, 5.74) is 1.21. The highest BCUT2D eigenvalue weighted by Crippen LogP contribution is 2.29. The van der Waals surface area contributed by atoms with Gasteiger partial charge in [-0.1, -0.05) is 6.07 Å². The molecule has 0 bridgehead atoms. The first-order chi connectivity index (χ1) is 9.74. The van der Waals surface area contributed by atoms with Crippen LogP contribution in [0.3, 0.4) is 0 Å². The van der Waals surface area contributed by atoms with Gasteiger partial charge in [0.25, 0.3) is 0 Å². The molecule has 1 aromatic carbocycles. The number of nitrogens with zero attached hydrogens (tertiary/aromatic N) is 1. The van der Waals surface area contributed by atoms with Crippen LogP contribution in [0.2, 0.25) is 0 Å². The summed E-state index contributed by atoms with van der Waals surface area (Å²) in [5, 5.41) is 8.97. The number of aryl methyl sites for hydroxylation is 1. The second kappa shape index (κ2) is 5.43. The average molecular weight is 297 g/mol. The van der Waals surface area contributed by atoms with Crippen LogP contribution in [0.5, 0.6) is 5.75 Å². The molecule has 0 radical (unpaired) electrons. The Balaban J connectivity index is 2.49. The molecule has 0 aliphatic heterocycles. The molecule has 0 fully saturated rings. The third-order valence-electron chi connectivity index (χ3n) is 2.63. The molecular formula is C14H10F3NO3. The van der Waals surface area contributed by atoms with Gasteiger partial charge in [0, 0.05) is 17.5 Å². The number of carboxylic acids is 1. The van der Waals surface area contributed by atoms with Crippen LogP contribution in [0, 0.1) is 6.92 Å². The van der Waals surface area contributed by atoms with Crippen molar-refractivity contribution in [2.45, 2.75) is 13.3 Å². The van der Waals surface area contributed by atoms with Crippen LogP contribution in [0.1, 0.15) is 16.1 Å². The van der Waals surface area contributed by atoms with E-state index < -0.39 is 18.1 Å². The third-order valence-corrected chi connectivity index (χ3v) is 2.63. The molecule has 1 N–H and O–H groups in total. The molecule has 21 heavy (non-hydrogen) atoms. The zero-order valence-corrected chi connectivity index (χ0v) is 10.8. The summed E-state index contributed by atoms with van der Waals surface area (Å²) in [6.07, 6.45) is -3.44. The zero-order chi connectivity index (χ0) is 15.6. The summed E-state index contributed by atoms with van der Waals surface area (Å²) in [5.74, 6) is -1.93. The van der Waals surface area contributed by atoms with E-state index in [-0.39, 0.29) is 11.1 Å². The Labute approximate surface area is 117 Å². The molecule has 0 aliphatic rings. The van der Waals surface area contributed by atoms with Crippen molar-refractivity contribution in [3.63, 3.8) is 0 Å². The number of rotatable bonds is 3. The van der Waals surface area contributed by atoms with Crippen molar-refractivity contribution in [3.05, 3.63) is 47.8 Å². The molecule has 2 aromatic rings. The molecule has 1 aromatic heterocycles. The normalized spacial score (nSPS) is 11.2. The van der Waals surface area contributed by atoms with E-state index in [1.807, 2.05) is 0 Å². The van der Waals surface area contributed by atoms with Crippen molar-refractivity contribution in [1.82, 2.24) is 4.98 Å². The van der Waals surface area contributed by atoms with Crippen LogP contribution in [0.4, 0.5) is 13.2 Å². The molecule has 0 saturated heterocycles. The lowest BCUT2D eigenvalue weighted by Gasteiger charge is -2.11. The Morgan fingerprint density at radius 2 is 1.90 bits per heavy atom. The van der Waals surface area contributed by atoms with Gasteiger partial charge in [0.2, 0.25) is 0 Å². The molecule has 1 heterocycles. The predicted octanol–water partition coefficient (Wildman–Crippen LogP) is 3.65. The summed E-state index contributed by atoms with van der Waals surface area (Å²) in [6.45, 7) is 1.76. The van der Waals surface area contributed by atoms with E-state index in [2.05, 4.69) is 9.72 Å². The van der Waals surface area contributed by atoms with Crippen LogP contribution in [0.15, 0.2) is 36.5 Å². The van der Waals surface area contributed by atoms with Crippen molar-refractivity contribution in [2.75, 3.05) is 0 Å². The highest BCUT2D eigenvalue weighted by Gasteiger charge is 2.31. The summed E-state index contributed by atoms with van der Waals surface area (Å²) < 4.78 is 40.6. The number of halogens is 3. The Morgan fingerprint density at radius 3 is 2.43 bits per heavy atom. The van der Waals surface area contributed by atoms with Crippen LogP contribution in [-0.2, 0) is 0 Å². The van der Waals surface area contributed by atoms with Gasteiger partial charge in [-0.15, -0.1) is 13.2 Å².